The lowest BCUT2D eigenvalue weighted by molar-refractivity contribution is -0.133. The molecule has 1 aliphatic carbocycles. The van der Waals surface area contributed by atoms with Gasteiger partial charge in [0.05, 0.1) is 6.42 Å². The van der Waals surface area contributed by atoms with Gasteiger partial charge in [0.2, 0.25) is 5.91 Å². The standard InChI is InChI=1S/C21H27ClN2OS.ClH/c1-23(18-6-2-3-7-19(18)24-10-4-5-11-24)21(25)12-15-14-26-20-9-8-16(22)13-17(15)20;/h8-9,13-14,18-19H,2-7,10-12H2,1H3;1H/t18-,19-;/m1./s1. The first kappa shape index (κ1) is 20.9. The smallest absolute Gasteiger partial charge is 0.227 e. The van der Waals surface area contributed by atoms with Crippen LogP contribution in [0.1, 0.15) is 44.1 Å². The van der Waals surface area contributed by atoms with Crippen LogP contribution in [0.15, 0.2) is 23.6 Å². The molecule has 27 heavy (non-hydrogen) atoms. The van der Waals surface area contributed by atoms with Gasteiger partial charge in [-0.05, 0) is 73.3 Å². The van der Waals surface area contributed by atoms with Crippen molar-refractivity contribution in [1.82, 2.24) is 9.80 Å². The van der Waals surface area contributed by atoms with Crippen molar-refractivity contribution in [2.24, 2.45) is 0 Å². The number of nitrogens with zero attached hydrogens (tertiary/aromatic N) is 2. The van der Waals surface area contributed by atoms with Crippen molar-refractivity contribution in [3.05, 3.63) is 34.2 Å². The Morgan fingerprint density at radius 3 is 2.74 bits per heavy atom. The highest BCUT2D eigenvalue weighted by molar-refractivity contribution is 7.17. The van der Waals surface area contributed by atoms with E-state index in [4.69, 9.17) is 11.6 Å². The van der Waals surface area contributed by atoms with Crippen molar-refractivity contribution in [3.8, 4) is 0 Å². The van der Waals surface area contributed by atoms with E-state index in [0.717, 1.165) is 22.4 Å². The van der Waals surface area contributed by atoms with Gasteiger partial charge in [-0.2, -0.15) is 0 Å². The van der Waals surface area contributed by atoms with Gasteiger partial charge in [0.15, 0.2) is 0 Å². The monoisotopic (exact) mass is 426 g/mol. The van der Waals surface area contributed by atoms with E-state index in [1.807, 2.05) is 25.2 Å². The molecule has 0 bridgehead atoms. The van der Waals surface area contributed by atoms with Crippen molar-refractivity contribution in [3.63, 3.8) is 0 Å². The topological polar surface area (TPSA) is 23.6 Å². The zero-order chi connectivity index (χ0) is 18.1. The van der Waals surface area contributed by atoms with E-state index in [2.05, 4.69) is 15.2 Å². The number of thiophene rings is 1. The average Bonchev–Trinajstić information content (AvgIpc) is 3.31. The van der Waals surface area contributed by atoms with Gasteiger partial charge in [-0.15, -0.1) is 23.7 Å². The predicted octanol–water partition coefficient (Wildman–Crippen LogP) is 5.38. The molecular weight excluding hydrogens is 399 g/mol. The van der Waals surface area contributed by atoms with E-state index >= 15 is 0 Å². The van der Waals surface area contributed by atoms with Crippen LogP contribution in [0.4, 0.5) is 0 Å². The number of hydrogen-bond acceptors (Lipinski definition) is 3. The SMILES string of the molecule is CN(C(=O)Cc1csc2ccc(Cl)cc12)[C@@H]1CCCC[C@H]1N1CCCC1.Cl. The van der Waals surface area contributed by atoms with E-state index in [-0.39, 0.29) is 18.3 Å². The fraction of sp³-hybridized carbons (Fsp3) is 0.571. The number of likely N-dealkylation sites (tertiary alicyclic amines) is 1. The summed E-state index contributed by atoms with van der Waals surface area (Å²) in [5.74, 6) is 0.237. The average molecular weight is 427 g/mol. The molecule has 0 N–H and O–H groups in total. The van der Waals surface area contributed by atoms with Crippen molar-refractivity contribution >= 4 is 51.3 Å². The lowest BCUT2D eigenvalue weighted by atomic mass is 9.88. The van der Waals surface area contributed by atoms with E-state index in [1.54, 1.807) is 11.3 Å². The highest BCUT2D eigenvalue weighted by atomic mass is 35.5. The first-order chi connectivity index (χ1) is 12.6. The maximum atomic E-state index is 13.1. The summed E-state index contributed by atoms with van der Waals surface area (Å²) in [6.07, 6.45) is 8.00. The Hall–Kier alpha value is -0.810. The Labute approximate surface area is 177 Å². The van der Waals surface area contributed by atoms with Gasteiger partial charge in [0, 0.05) is 28.9 Å². The lowest BCUT2D eigenvalue weighted by Gasteiger charge is -2.42. The van der Waals surface area contributed by atoms with Crippen LogP contribution in [-0.2, 0) is 11.2 Å². The molecule has 2 aromatic rings. The minimum Gasteiger partial charge on any atom is -0.341 e. The minimum atomic E-state index is 0. The van der Waals surface area contributed by atoms with Crippen molar-refractivity contribution in [2.75, 3.05) is 20.1 Å². The van der Waals surface area contributed by atoms with Gasteiger partial charge in [0.25, 0.3) is 0 Å². The highest BCUT2D eigenvalue weighted by Crippen LogP contribution is 2.31. The van der Waals surface area contributed by atoms with Crippen LogP contribution in [0, 0.1) is 0 Å². The van der Waals surface area contributed by atoms with Crippen LogP contribution in [-0.4, -0.2) is 47.9 Å². The Morgan fingerprint density at radius 1 is 1.22 bits per heavy atom. The molecule has 1 saturated carbocycles. The minimum absolute atomic E-state index is 0. The first-order valence-corrected chi connectivity index (χ1v) is 11.0. The number of amides is 1. The summed E-state index contributed by atoms with van der Waals surface area (Å²) in [4.78, 5) is 17.8. The Bertz CT molecular complexity index is 788. The normalized spacial score (nSPS) is 23.3. The van der Waals surface area contributed by atoms with Gasteiger partial charge in [-0.3, -0.25) is 9.69 Å². The Balaban J connectivity index is 0.00000210. The molecule has 1 aliphatic heterocycles. The largest absolute Gasteiger partial charge is 0.341 e. The maximum absolute atomic E-state index is 13.1. The van der Waals surface area contributed by atoms with Gasteiger partial charge in [-0.1, -0.05) is 24.4 Å². The zero-order valence-electron chi connectivity index (χ0n) is 15.8. The molecule has 1 aromatic carbocycles. The third kappa shape index (κ3) is 4.45. The molecule has 1 saturated heterocycles. The highest BCUT2D eigenvalue weighted by Gasteiger charge is 2.35. The van der Waals surface area contributed by atoms with Crippen LogP contribution in [0.5, 0.6) is 0 Å². The second-order valence-electron chi connectivity index (χ2n) is 7.75. The number of benzene rings is 1. The van der Waals surface area contributed by atoms with Gasteiger partial charge < -0.3 is 4.90 Å². The molecule has 4 rings (SSSR count). The maximum Gasteiger partial charge on any atom is 0.227 e. The number of rotatable bonds is 4. The Kier molecular flexibility index (Phi) is 7.07. The third-order valence-corrected chi connectivity index (χ3v) is 7.40. The summed E-state index contributed by atoms with van der Waals surface area (Å²) in [5, 5.41) is 3.98. The molecule has 2 aliphatic rings. The van der Waals surface area contributed by atoms with E-state index in [1.165, 1.54) is 49.9 Å². The number of halogens is 2. The molecule has 0 unspecified atom stereocenters. The molecule has 148 valence electrons. The summed E-state index contributed by atoms with van der Waals surface area (Å²) in [7, 11) is 2.02. The molecule has 2 fully saturated rings. The molecule has 6 heteroatoms. The predicted molar refractivity (Wildman–Crippen MR) is 117 cm³/mol. The van der Waals surface area contributed by atoms with E-state index in [0.29, 0.717) is 18.5 Å². The fourth-order valence-electron chi connectivity index (χ4n) is 4.71. The number of carbonyl (C=O) groups is 1. The molecule has 1 amide bonds. The van der Waals surface area contributed by atoms with E-state index in [9.17, 15) is 4.79 Å². The van der Waals surface area contributed by atoms with Crippen LogP contribution < -0.4 is 0 Å². The molecule has 1 aromatic heterocycles. The second kappa shape index (κ2) is 9.13. The molecule has 3 nitrogen and oxygen atoms in total. The van der Waals surface area contributed by atoms with Crippen molar-refractivity contribution in [1.29, 1.82) is 0 Å². The first-order valence-electron chi connectivity index (χ1n) is 9.79. The number of fused-ring (bicyclic) bond motifs is 1. The molecule has 0 radical (unpaired) electrons. The van der Waals surface area contributed by atoms with Gasteiger partial charge in [-0.25, -0.2) is 0 Å². The summed E-state index contributed by atoms with van der Waals surface area (Å²) >= 11 is 7.86. The van der Waals surface area contributed by atoms with Crippen LogP contribution in [0.25, 0.3) is 10.1 Å². The summed E-state index contributed by atoms with van der Waals surface area (Å²) in [6, 6.07) is 6.87. The molecular formula is C21H28Cl2N2OS. The quantitative estimate of drug-likeness (QED) is 0.654. The number of hydrogen-bond donors (Lipinski definition) is 0. The molecule has 2 atom stereocenters. The zero-order valence-corrected chi connectivity index (χ0v) is 18.2. The number of carbonyl (C=O) groups excluding carboxylic acids is 1. The third-order valence-electron chi connectivity index (χ3n) is 6.15. The van der Waals surface area contributed by atoms with Crippen LogP contribution in [0.2, 0.25) is 5.02 Å². The second-order valence-corrected chi connectivity index (χ2v) is 9.09. The van der Waals surface area contributed by atoms with Gasteiger partial charge in [0.1, 0.15) is 0 Å². The number of likely N-dealkylation sites (N-methyl/N-ethyl adjacent to an activating group) is 1. The molecule has 2 heterocycles. The lowest BCUT2D eigenvalue weighted by Crippen LogP contribution is -2.53. The summed E-state index contributed by atoms with van der Waals surface area (Å²) in [6.45, 7) is 2.41. The van der Waals surface area contributed by atoms with Gasteiger partial charge >= 0.3 is 0 Å². The van der Waals surface area contributed by atoms with E-state index < -0.39 is 0 Å². The van der Waals surface area contributed by atoms with Crippen LogP contribution >= 0.6 is 35.3 Å². The Morgan fingerprint density at radius 2 is 1.96 bits per heavy atom. The summed E-state index contributed by atoms with van der Waals surface area (Å²) < 4.78 is 1.20. The van der Waals surface area contributed by atoms with Crippen LogP contribution in [0.3, 0.4) is 0 Å². The van der Waals surface area contributed by atoms with Crippen molar-refractivity contribution in [2.45, 2.75) is 57.0 Å². The fourth-order valence-corrected chi connectivity index (χ4v) is 5.82. The summed E-state index contributed by atoms with van der Waals surface area (Å²) in [5.41, 5.74) is 1.11. The van der Waals surface area contributed by atoms with Crippen molar-refractivity contribution < 1.29 is 4.79 Å². The molecule has 0 spiro atoms.